The molecule has 3 aromatic carbocycles. The predicted octanol–water partition coefficient (Wildman–Crippen LogP) is 6.90. The highest BCUT2D eigenvalue weighted by Gasteiger charge is 2.20. The van der Waals surface area contributed by atoms with E-state index in [0.29, 0.717) is 4.90 Å². The molecule has 0 saturated heterocycles. The van der Waals surface area contributed by atoms with Crippen molar-refractivity contribution in [3.8, 4) is 11.1 Å². The minimum atomic E-state index is -3.20. The molecule has 4 aromatic rings. The topological polar surface area (TPSA) is 49.9 Å². The number of aromatic nitrogens is 1. The number of H-pyrrole nitrogens is 1. The molecule has 0 unspecified atom stereocenters. The van der Waals surface area contributed by atoms with Gasteiger partial charge in [0.25, 0.3) is 0 Å². The zero-order valence-electron chi connectivity index (χ0n) is 18.0. The summed E-state index contributed by atoms with van der Waals surface area (Å²) in [4.78, 5) is 4.06. The number of fused-ring (bicyclic) bond motifs is 3. The first-order chi connectivity index (χ1) is 15.1. The van der Waals surface area contributed by atoms with E-state index in [1.165, 1.54) is 54.0 Å². The zero-order valence-corrected chi connectivity index (χ0v) is 18.8. The Balaban J connectivity index is 1.68. The molecular weight excluding hydrogens is 402 g/mol. The van der Waals surface area contributed by atoms with Crippen LogP contribution in [0, 0.1) is 5.92 Å². The van der Waals surface area contributed by atoms with Gasteiger partial charge in [0.2, 0.25) is 0 Å². The number of aromatic amines is 1. The van der Waals surface area contributed by atoms with Gasteiger partial charge in [-0.2, -0.15) is 0 Å². The van der Waals surface area contributed by atoms with Crippen LogP contribution in [0.2, 0.25) is 0 Å². The molecule has 1 aliphatic rings. The van der Waals surface area contributed by atoms with Gasteiger partial charge in [0.15, 0.2) is 9.84 Å². The zero-order chi connectivity index (χ0) is 21.4. The Hall–Kier alpha value is -2.59. The highest BCUT2D eigenvalue weighted by Crippen LogP contribution is 2.38. The fourth-order valence-corrected chi connectivity index (χ4v) is 6.04. The van der Waals surface area contributed by atoms with E-state index in [4.69, 9.17) is 0 Å². The minimum absolute atomic E-state index is 0.122. The third-order valence-corrected chi connectivity index (χ3v) is 8.63. The molecule has 1 saturated carbocycles. The third-order valence-electron chi connectivity index (χ3n) is 6.88. The van der Waals surface area contributed by atoms with Crippen molar-refractivity contribution in [1.29, 1.82) is 0 Å². The molecule has 0 spiro atoms. The van der Waals surface area contributed by atoms with Crippen LogP contribution in [-0.2, 0) is 16.3 Å². The second-order valence-corrected chi connectivity index (χ2v) is 11.1. The van der Waals surface area contributed by atoms with Crippen LogP contribution < -0.4 is 0 Å². The van der Waals surface area contributed by atoms with Gasteiger partial charge < -0.3 is 4.98 Å². The summed E-state index contributed by atoms with van der Waals surface area (Å²) in [6.07, 6.45) is 7.71. The monoisotopic (exact) mass is 431 g/mol. The standard InChI is InChI=1S/C27H29NO2S/c1-2-31(29,30)22-15-12-20(13-16-22)26-21(18-19-8-4-3-5-9-19)14-17-24-23-10-6-7-11-25(23)28-27(24)26/h6-7,10-17,19,28H,2-5,8-9,18H2,1H3. The van der Waals surface area contributed by atoms with E-state index < -0.39 is 9.84 Å². The Kier molecular flexibility index (Phi) is 5.35. The van der Waals surface area contributed by atoms with Gasteiger partial charge in [-0.15, -0.1) is 0 Å². The molecule has 3 nitrogen and oxygen atoms in total. The van der Waals surface area contributed by atoms with Gasteiger partial charge in [-0.25, -0.2) is 8.42 Å². The Morgan fingerprint density at radius 1 is 0.871 bits per heavy atom. The molecule has 5 rings (SSSR count). The van der Waals surface area contributed by atoms with Gasteiger partial charge in [0.1, 0.15) is 0 Å². The molecule has 1 aromatic heterocycles. The number of sulfone groups is 1. The first-order valence-electron chi connectivity index (χ1n) is 11.4. The molecule has 160 valence electrons. The van der Waals surface area contributed by atoms with Crippen molar-refractivity contribution in [3.63, 3.8) is 0 Å². The van der Waals surface area contributed by atoms with Crippen molar-refractivity contribution in [1.82, 2.24) is 4.98 Å². The van der Waals surface area contributed by atoms with Crippen molar-refractivity contribution in [3.05, 3.63) is 66.2 Å². The smallest absolute Gasteiger partial charge is 0.178 e. The van der Waals surface area contributed by atoms with Crippen LogP contribution in [-0.4, -0.2) is 19.2 Å². The van der Waals surface area contributed by atoms with E-state index in [-0.39, 0.29) is 5.75 Å². The number of para-hydroxylation sites is 1. The predicted molar refractivity (Wildman–Crippen MR) is 129 cm³/mol. The number of nitrogens with one attached hydrogen (secondary N) is 1. The second kappa shape index (κ2) is 8.16. The van der Waals surface area contributed by atoms with E-state index in [1.54, 1.807) is 19.1 Å². The molecule has 0 radical (unpaired) electrons. The van der Waals surface area contributed by atoms with Crippen LogP contribution in [0.4, 0.5) is 0 Å². The largest absolute Gasteiger partial charge is 0.354 e. The minimum Gasteiger partial charge on any atom is -0.354 e. The molecule has 0 bridgehead atoms. The Morgan fingerprint density at radius 2 is 1.61 bits per heavy atom. The highest BCUT2D eigenvalue weighted by atomic mass is 32.2. The molecule has 0 atom stereocenters. The summed E-state index contributed by atoms with van der Waals surface area (Å²) in [6.45, 7) is 1.69. The SMILES string of the molecule is CCS(=O)(=O)c1ccc(-c2c(CC3CCCCC3)ccc3c2[nH]c2ccccc23)cc1. The first kappa shape index (κ1) is 20.3. The van der Waals surface area contributed by atoms with Gasteiger partial charge in [0.05, 0.1) is 16.2 Å². The van der Waals surface area contributed by atoms with Crippen molar-refractivity contribution in [2.24, 2.45) is 5.92 Å². The normalized spacial score (nSPS) is 15.6. The summed E-state index contributed by atoms with van der Waals surface area (Å²) in [6, 6.07) is 20.5. The van der Waals surface area contributed by atoms with Gasteiger partial charge in [-0.1, -0.05) is 81.5 Å². The molecular formula is C27H29NO2S. The molecule has 1 N–H and O–H groups in total. The quantitative estimate of drug-likeness (QED) is 0.373. The van der Waals surface area contributed by atoms with Gasteiger partial charge in [0, 0.05) is 21.9 Å². The Morgan fingerprint density at radius 3 is 2.35 bits per heavy atom. The van der Waals surface area contributed by atoms with Gasteiger partial charge in [-0.05, 0) is 41.7 Å². The van der Waals surface area contributed by atoms with Crippen LogP contribution in [0.25, 0.3) is 32.9 Å². The molecule has 4 heteroatoms. The average molecular weight is 432 g/mol. The first-order valence-corrected chi connectivity index (χ1v) is 13.1. The van der Waals surface area contributed by atoms with Crippen molar-refractivity contribution >= 4 is 31.6 Å². The lowest BCUT2D eigenvalue weighted by molar-refractivity contribution is 0.357. The van der Waals surface area contributed by atoms with E-state index in [0.717, 1.165) is 28.9 Å². The molecule has 0 amide bonds. The summed E-state index contributed by atoms with van der Waals surface area (Å²) < 4.78 is 24.6. The maximum absolute atomic E-state index is 12.3. The van der Waals surface area contributed by atoms with E-state index in [1.807, 2.05) is 12.1 Å². The van der Waals surface area contributed by atoms with Gasteiger partial charge in [-0.3, -0.25) is 0 Å². The molecule has 1 fully saturated rings. The molecule has 31 heavy (non-hydrogen) atoms. The highest BCUT2D eigenvalue weighted by molar-refractivity contribution is 7.91. The number of hydrogen-bond acceptors (Lipinski definition) is 2. The van der Waals surface area contributed by atoms with E-state index in [2.05, 4.69) is 41.4 Å². The maximum atomic E-state index is 12.3. The van der Waals surface area contributed by atoms with Crippen molar-refractivity contribution < 1.29 is 8.42 Å². The summed E-state index contributed by atoms with van der Waals surface area (Å²) in [5, 5.41) is 2.45. The average Bonchev–Trinajstić information content (AvgIpc) is 3.18. The van der Waals surface area contributed by atoms with Crippen LogP contribution >= 0.6 is 0 Å². The summed E-state index contributed by atoms with van der Waals surface area (Å²) >= 11 is 0. The number of hydrogen-bond donors (Lipinski definition) is 1. The van der Waals surface area contributed by atoms with Crippen LogP contribution in [0.1, 0.15) is 44.6 Å². The lowest BCUT2D eigenvalue weighted by Crippen LogP contribution is -2.10. The molecule has 1 aliphatic carbocycles. The van der Waals surface area contributed by atoms with Crippen molar-refractivity contribution in [2.75, 3.05) is 5.75 Å². The molecule has 1 heterocycles. The third kappa shape index (κ3) is 3.78. The fraction of sp³-hybridized carbons (Fsp3) is 0.333. The maximum Gasteiger partial charge on any atom is 0.178 e. The van der Waals surface area contributed by atoms with Crippen molar-refractivity contribution in [2.45, 2.75) is 50.3 Å². The van der Waals surface area contributed by atoms with Crippen LogP contribution in [0.15, 0.2) is 65.6 Å². The fourth-order valence-electron chi connectivity index (χ4n) is 5.16. The lowest BCUT2D eigenvalue weighted by atomic mass is 9.82. The van der Waals surface area contributed by atoms with Crippen LogP contribution in [0.5, 0.6) is 0 Å². The van der Waals surface area contributed by atoms with Gasteiger partial charge >= 0.3 is 0 Å². The second-order valence-electron chi connectivity index (χ2n) is 8.83. The Labute approximate surface area is 184 Å². The number of rotatable bonds is 5. The lowest BCUT2D eigenvalue weighted by Gasteiger charge is -2.23. The van der Waals surface area contributed by atoms with E-state index >= 15 is 0 Å². The van der Waals surface area contributed by atoms with Crippen LogP contribution in [0.3, 0.4) is 0 Å². The van der Waals surface area contributed by atoms with E-state index in [9.17, 15) is 8.42 Å². The summed E-state index contributed by atoms with van der Waals surface area (Å²) in [5.41, 5.74) is 5.95. The molecule has 0 aliphatic heterocycles. The Bertz CT molecular complexity index is 1330. The summed E-state index contributed by atoms with van der Waals surface area (Å²) in [5.74, 6) is 0.853. The number of benzene rings is 3. The summed E-state index contributed by atoms with van der Waals surface area (Å²) in [7, 11) is -3.20.